The second-order valence-electron chi connectivity index (χ2n) is 5.75. The van der Waals surface area contributed by atoms with E-state index in [1.807, 2.05) is 19.1 Å². The van der Waals surface area contributed by atoms with Gasteiger partial charge in [-0.2, -0.15) is 0 Å². The van der Waals surface area contributed by atoms with Crippen molar-refractivity contribution in [2.24, 2.45) is 5.92 Å². The van der Waals surface area contributed by atoms with Crippen LogP contribution in [0.15, 0.2) is 23.8 Å². The fourth-order valence-corrected chi connectivity index (χ4v) is 2.01. The van der Waals surface area contributed by atoms with E-state index in [2.05, 4.69) is 45.2 Å². The zero-order chi connectivity index (χ0) is 15.8. The number of ether oxygens (including phenoxy) is 2. The van der Waals surface area contributed by atoms with Crippen molar-refractivity contribution in [2.75, 3.05) is 20.3 Å². The maximum Gasteiger partial charge on any atom is 0.161 e. The Balaban J connectivity index is 3.00. The molecule has 3 nitrogen and oxygen atoms in total. The number of hydrogen-bond donors (Lipinski definition) is 1. The van der Waals surface area contributed by atoms with Crippen molar-refractivity contribution in [1.82, 2.24) is 5.32 Å². The topological polar surface area (TPSA) is 30.5 Å². The molecule has 0 saturated carbocycles. The lowest BCUT2D eigenvalue weighted by Gasteiger charge is -2.16. The van der Waals surface area contributed by atoms with E-state index in [-0.39, 0.29) is 0 Å². The summed E-state index contributed by atoms with van der Waals surface area (Å²) >= 11 is 0. The predicted octanol–water partition coefficient (Wildman–Crippen LogP) is 4.13. The molecule has 21 heavy (non-hydrogen) atoms. The molecule has 0 atom stereocenters. The van der Waals surface area contributed by atoms with Crippen LogP contribution in [0.2, 0.25) is 0 Å². The average Bonchev–Trinajstić information content (AvgIpc) is 2.43. The van der Waals surface area contributed by atoms with Crippen molar-refractivity contribution >= 4 is 6.08 Å². The van der Waals surface area contributed by atoms with Gasteiger partial charge in [-0.25, -0.2) is 0 Å². The van der Waals surface area contributed by atoms with Gasteiger partial charge < -0.3 is 14.8 Å². The van der Waals surface area contributed by atoms with Crippen LogP contribution in [0.25, 0.3) is 6.08 Å². The number of methoxy groups -OCH3 is 1. The van der Waals surface area contributed by atoms with Crippen molar-refractivity contribution < 1.29 is 9.47 Å². The molecule has 0 fully saturated rings. The van der Waals surface area contributed by atoms with E-state index in [0.29, 0.717) is 18.6 Å². The standard InChI is InChI=1S/C18H29NO2/c1-7-21-18-11-15(8-9-17(18)20-6)10-16(13(2)3)12-19-14(4)5/h8-11,13-14,19H,7,12H2,1-6H3. The van der Waals surface area contributed by atoms with E-state index in [1.165, 1.54) is 5.57 Å². The van der Waals surface area contributed by atoms with Gasteiger partial charge in [0, 0.05) is 12.6 Å². The zero-order valence-electron chi connectivity index (χ0n) is 14.2. The molecule has 0 amide bonds. The minimum atomic E-state index is 0.488. The summed E-state index contributed by atoms with van der Waals surface area (Å²) < 4.78 is 11.0. The van der Waals surface area contributed by atoms with Crippen LogP contribution in [-0.4, -0.2) is 26.3 Å². The zero-order valence-corrected chi connectivity index (χ0v) is 14.2. The molecule has 0 radical (unpaired) electrons. The molecule has 1 rings (SSSR count). The number of nitrogens with one attached hydrogen (secondary N) is 1. The van der Waals surface area contributed by atoms with Crippen molar-refractivity contribution in [3.05, 3.63) is 29.3 Å². The van der Waals surface area contributed by atoms with Gasteiger partial charge in [0.2, 0.25) is 0 Å². The van der Waals surface area contributed by atoms with Gasteiger partial charge in [-0.05, 0) is 30.5 Å². The van der Waals surface area contributed by atoms with Crippen LogP contribution in [0.3, 0.4) is 0 Å². The lowest BCUT2D eigenvalue weighted by atomic mass is 9.99. The molecule has 0 saturated heterocycles. The van der Waals surface area contributed by atoms with Crippen LogP contribution in [-0.2, 0) is 0 Å². The highest BCUT2D eigenvalue weighted by molar-refractivity contribution is 5.58. The molecule has 1 aromatic carbocycles. The normalized spacial score (nSPS) is 12.1. The average molecular weight is 291 g/mol. The third kappa shape index (κ3) is 5.80. The number of benzene rings is 1. The summed E-state index contributed by atoms with van der Waals surface area (Å²) in [6.07, 6.45) is 2.24. The SMILES string of the molecule is CCOc1cc(C=C(CNC(C)C)C(C)C)ccc1OC. The summed E-state index contributed by atoms with van der Waals surface area (Å²) in [5.74, 6) is 2.09. The molecule has 0 aromatic heterocycles. The molecule has 0 spiro atoms. The fraction of sp³-hybridized carbons (Fsp3) is 0.556. The molecule has 0 bridgehead atoms. The highest BCUT2D eigenvalue weighted by Crippen LogP contribution is 2.29. The summed E-state index contributed by atoms with van der Waals surface area (Å²) in [5.41, 5.74) is 2.53. The number of rotatable bonds is 8. The van der Waals surface area contributed by atoms with Gasteiger partial charge in [-0.15, -0.1) is 0 Å². The molecule has 1 aromatic rings. The second kappa shape index (κ2) is 8.73. The Kier molecular flexibility index (Phi) is 7.30. The van der Waals surface area contributed by atoms with Gasteiger partial charge in [-0.3, -0.25) is 0 Å². The first-order valence-electron chi connectivity index (χ1n) is 7.72. The van der Waals surface area contributed by atoms with E-state index in [9.17, 15) is 0 Å². The van der Waals surface area contributed by atoms with Crippen molar-refractivity contribution in [1.29, 1.82) is 0 Å². The van der Waals surface area contributed by atoms with Crippen molar-refractivity contribution in [2.45, 2.75) is 40.7 Å². The van der Waals surface area contributed by atoms with Gasteiger partial charge >= 0.3 is 0 Å². The minimum Gasteiger partial charge on any atom is -0.493 e. The first-order valence-corrected chi connectivity index (χ1v) is 7.72. The molecule has 0 heterocycles. The van der Waals surface area contributed by atoms with Crippen molar-refractivity contribution in [3.63, 3.8) is 0 Å². The van der Waals surface area contributed by atoms with Crippen molar-refractivity contribution in [3.8, 4) is 11.5 Å². The molecular formula is C18H29NO2. The largest absolute Gasteiger partial charge is 0.493 e. The summed E-state index contributed by atoms with van der Waals surface area (Å²) in [4.78, 5) is 0. The van der Waals surface area contributed by atoms with Crippen LogP contribution in [0.1, 0.15) is 40.2 Å². The maximum atomic E-state index is 5.64. The molecule has 0 unspecified atom stereocenters. The van der Waals surface area contributed by atoms with Crippen LogP contribution >= 0.6 is 0 Å². The van der Waals surface area contributed by atoms with Gasteiger partial charge in [0.1, 0.15) is 0 Å². The Morgan fingerprint density at radius 1 is 1.19 bits per heavy atom. The lowest BCUT2D eigenvalue weighted by molar-refractivity contribution is 0.311. The van der Waals surface area contributed by atoms with E-state index in [4.69, 9.17) is 9.47 Å². The smallest absolute Gasteiger partial charge is 0.161 e. The Bertz CT molecular complexity index is 464. The van der Waals surface area contributed by atoms with Crippen LogP contribution in [0.4, 0.5) is 0 Å². The Morgan fingerprint density at radius 2 is 1.90 bits per heavy atom. The third-order valence-electron chi connectivity index (χ3n) is 3.30. The van der Waals surface area contributed by atoms with E-state index in [0.717, 1.165) is 23.6 Å². The Morgan fingerprint density at radius 3 is 2.43 bits per heavy atom. The van der Waals surface area contributed by atoms with Gasteiger partial charge in [0.25, 0.3) is 0 Å². The number of hydrogen-bond acceptors (Lipinski definition) is 3. The first-order chi connectivity index (χ1) is 9.97. The van der Waals surface area contributed by atoms with Gasteiger partial charge in [0.15, 0.2) is 11.5 Å². The highest BCUT2D eigenvalue weighted by atomic mass is 16.5. The van der Waals surface area contributed by atoms with E-state index in [1.54, 1.807) is 7.11 Å². The quantitative estimate of drug-likeness (QED) is 0.781. The molecule has 1 N–H and O–H groups in total. The maximum absolute atomic E-state index is 5.64. The minimum absolute atomic E-state index is 0.488. The monoisotopic (exact) mass is 291 g/mol. The molecular weight excluding hydrogens is 262 g/mol. The summed E-state index contributed by atoms with van der Waals surface area (Å²) in [6, 6.07) is 6.56. The van der Waals surface area contributed by atoms with E-state index < -0.39 is 0 Å². The molecule has 3 heteroatoms. The molecule has 0 aliphatic carbocycles. The summed E-state index contributed by atoms with van der Waals surface area (Å²) in [7, 11) is 1.67. The van der Waals surface area contributed by atoms with Gasteiger partial charge in [-0.1, -0.05) is 45.4 Å². The second-order valence-corrected chi connectivity index (χ2v) is 5.75. The Hall–Kier alpha value is -1.48. The summed E-state index contributed by atoms with van der Waals surface area (Å²) in [5, 5.41) is 3.49. The summed E-state index contributed by atoms with van der Waals surface area (Å²) in [6.45, 7) is 12.3. The lowest BCUT2D eigenvalue weighted by Crippen LogP contribution is -2.26. The van der Waals surface area contributed by atoms with Crippen LogP contribution in [0, 0.1) is 5.92 Å². The molecule has 118 valence electrons. The molecule has 0 aliphatic heterocycles. The van der Waals surface area contributed by atoms with E-state index >= 15 is 0 Å². The van der Waals surface area contributed by atoms with Gasteiger partial charge in [0.05, 0.1) is 13.7 Å². The predicted molar refractivity (Wildman–Crippen MR) is 90.1 cm³/mol. The first kappa shape index (κ1) is 17.6. The Labute approximate surface area is 129 Å². The highest BCUT2D eigenvalue weighted by Gasteiger charge is 2.07. The third-order valence-corrected chi connectivity index (χ3v) is 3.30. The fourth-order valence-electron chi connectivity index (χ4n) is 2.01. The van der Waals surface area contributed by atoms with Crippen LogP contribution < -0.4 is 14.8 Å². The van der Waals surface area contributed by atoms with Crippen LogP contribution in [0.5, 0.6) is 11.5 Å². The molecule has 0 aliphatic rings.